The number of benzene rings is 2. The van der Waals surface area contributed by atoms with Gasteiger partial charge in [0.1, 0.15) is 6.04 Å². The first-order chi connectivity index (χ1) is 14.7. The van der Waals surface area contributed by atoms with Gasteiger partial charge in [0.15, 0.2) is 6.54 Å². The maximum atomic E-state index is 12.4. The molecule has 0 fully saturated rings. The van der Waals surface area contributed by atoms with Crippen molar-refractivity contribution in [2.75, 3.05) is 18.4 Å². The molecule has 0 heterocycles. The van der Waals surface area contributed by atoms with E-state index in [1.165, 1.54) is 11.1 Å². The molecule has 0 spiro atoms. The van der Waals surface area contributed by atoms with Gasteiger partial charge in [-0.1, -0.05) is 70.2 Å². The van der Waals surface area contributed by atoms with Gasteiger partial charge in [-0.3, -0.25) is 9.59 Å². The Morgan fingerprint density at radius 1 is 0.903 bits per heavy atom. The zero-order chi connectivity index (χ0) is 23.0. The minimum Gasteiger partial charge on any atom is -0.342 e. The summed E-state index contributed by atoms with van der Waals surface area (Å²) in [6.45, 7) is 12.9. The highest BCUT2D eigenvalue weighted by molar-refractivity contribution is 5.95. The molecule has 2 aromatic rings. The van der Waals surface area contributed by atoms with Crippen molar-refractivity contribution in [1.82, 2.24) is 5.32 Å². The number of quaternary nitrogens is 1. The quantitative estimate of drug-likeness (QED) is 0.542. The highest BCUT2D eigenvalue weighted by atomic mass is 16.2. The van der Waals surface area contributed by atoms with Crippen LogP contribution in [0.15, 0.2) is 42.5 Å². The lowest BCUT2D eigenvalue weighted by Crippen LogP contribution is -2.88. The van der Waals surface area contributed by atoms with Crippen LogP contribution in [0.3, 0.4) is 0 Å². The van der Waals surface area contributed by atoms with Gasteiger partial charge in [-0.15, -0.1) is 0 Å². The van der Waals surface area contributed by atoms with Crippen molar-refractivity contribution in [2.45, 2.75) is 59.9 Å². The largest absolute Gasteiger partial charge is 0.342 e. The van der Waals surface area contributed by atoms with Gasteiger partial charge in [-0.05, 0) is 42.9 Å². The molecule has 168 valence electrons. The summed E-state index contributed by atoms with van der Waals surface area (Å²) < 4.78 is 0. The Balaban J connectivity index is 1.87. The van der Waals surface area contributed by atoms with Gasteiger partial charge in [0.25, 0.3) is 5.91 Å². The predicted octanol–water partition coefficient (Wildman–Crippen LogP) is 3.83. The molecule has 0 saturated carbocycles. The van der Waals surface area contributed by atoms with E-state index < -0.39 is 0 Å². The van der Waals surface area contributed by atoms with Crippen LogP contribution in [0.25, 0.3) is 0 Å². The molecule has 31 heavy (non-hydrogen) atoms. The maximum Gasteiger partial charge on any atom is 0.275 e. The summed E-state index contributed by atoms with van der Waals surface area (Å²) in [6, 6.07) is 14.8. The Morgan fingerprint density at radius 2 is 1.48 bits per heavy atom. The van der Waals surface area contributed by atoms with E-state index in [2.05, 4.69) is 67.9 Å². The fourth-order valence-corrected chi connectivity index (χ4v) is 3.76. The molecule has 2 aromatic carbocycles. The number of aryl methyl sites for hydroxylation is 2. The smallest absolute Gasteiger partial charge is 0.275 e. The lowest BCUT2D eigenvalue weighted by atomic mass is 9.92. The molecular formula is C26H38N3O2+. The summed E-state index contributed by atoms with van der Waals surface area (Å²) >= 11 is 0. The number of hydrogen-bond donors (Lipinski definition) is 3. The number of hydrogen-bond acceptors (Lipinski definition) is 2. The first kappa shape index (κ1) is 24.6. The number of rotatable bonds is 10. The van der Waals surface area contributed by atoms with Crippen molar-refractivity contribution < 1.29 is 14.9 Å². The minimum absolute atomic E-state index is 0.0314. The first-order valence-electron chi connectivity index (χ1n) is 11.3. The molecule has 0 aliphatic carbocycles. The van der Waals surface area contributed by atoms with Crippen LogP contribution >= 0.6 is 0 Å². The maximum absolute atomic E-state index is 12.4. The summed E-state index contributed by atoms with van der Waals surface area (Å²) in [5, 5.41) is 7.69. The van der Waals surface area contributed by atoms with Crippen molar-refractivity contribution in [3.63, 3.8) is 0 Å². The SMILES string of the molecule is CC[C@@H](C)c1ccc([C@H]([NH2+]CC(=O)NCC(=O)Nc2c(C)cccc2C)C(C)C)cc1. The molecule has 0 radical (unpaired) electrons. The summed E-state index contributed by atoms with van der Waals surface area (Å²) in [5.74, 6) is 0.579. The van der Waals surface area contributed by atoms with E-state index >= 15 is 0 Å². The fraction of sp³-hybridized carbons (Fsp3) is 0.462. The third kappa shape index (κ3) is 7.21. The normalized spacial score (nSPS) is 13.0. The monoisotopic (exact) mass is 424 g/mol. The number of anilines is 1. The van der Waals surface area contributed by atoms with Crippen LogP contribution in [-0.4, -0.2) is 24.9 Å². The second kappa shape index (κ2) is 11.7. The van der Waals surface area contributed by atoms with E-state index in [1.54, 1.807) is 0 Å². The van der Waals surface area contributed by atoms with Crippen LogP contribution in [0.4, 0.5) is 5.69 Å². The standard InChI is InChI=1S/C26H37N3O2/c1-7-18(4)21-11-13-22(14-12-21)25(17(2)3)28-15-23(30)27-16-24(31)29-26-19(5)9-8-10-20(26)6/h8-14,17-18,25,28H,7,15-16H2,1-6H3,(H,27,30)(H,29,31)/p+1/t18-,25-/m1/s1. The summed E-state index contributed by atoms with van der Waals surface area (Å²) in [7, 11) is 0. The third-order valence-corrected chi connectivity index (χ3v) is 5.97. The zero-order valence-corrected chi connectivity index (χ0v) is 19.8. The Hall–Kier alpha value is -2.66. The zero-order valence-electron chi connectivity index (χ0n) is 19.8. The van der Waals surface area contributed by atoms with Crippen LogP contribution in [0.5, 0.6) is 0 Å². The summed E-state index contributed by atoms with van der Waals surface area (Å²) in [4.78, 5) is 24.6. The molecule has 0 aliphatic heterocycles. The van der Waals surface area contributed by atoms with Crippen molar-refractivity contribution >= 4 is 17.5 Å². The Bertz CT molecular complexity index is 854. The van der Waals surface area contributed by atoms with E-state index in [0.29, 0.717) is 11.8 Å². The van der Waals surface area contributed by atoms with Gasteiger partial charge in [0.2, 0.25) is 5.91 Å². The lowest BCUT2D eigenvalue weighted by Gasteiger charge is -2.20. The molecule has 5 nitrogen and oxygen atoms in total. The lowest BCUT2D eigenvalue weighted by molar-refractivity contribution is -0.692. The van der Waals surface area contributed by atoms with E-state index in [0.717, 1.165) is 23.2 Å². The Kier molecular flexibility index (Phi) is 9.25. The molecule has 0 aliphatic rings. The van der Waals surface area contributed by atoms with E-state index in [9.17, 15) is 9.59 Å². The summed E-state index contributed by atoms with van der Waals surface area (Å²) in [5.41, 5.74) is 5.40. The van der Waals surface area contributed by atoms with Crippen molar-refractivity contribution in [3.05, 3.63) is 64.7 Å². The van der Waals surface area contributed by atoms with Gasteiger partial charge in [0.05, 0.1) is 6.54 Å². The number of nitrogens with one attached hydrogen (secondary N) is 2. The van der Waals surface area contributed by atoms with Crippen LogP contribution in [0.1, 0.15) is 68.3 Å². The third-order valence-electron chi connectivity index (χ3n) is 5.97. The van der Waals surface area contributed by atoms with Crippen LogP contribution in [0.2, 0.25) is 0 Å². The fourth-order valence-electron chi connectivity index (χ4n) is 3.76. The highest BCUT2D eigenvalue weighted by Gasteiger charge is 2.21. The number of para-hydroxylation sites is 1. The van der Waals surface area contributed by atoms with E-state index in [1.807, 2.05) is 32.0 Å². The van der Waals surface area contributed by atoms with Crippen molar-refractivity contribution in [1.29, 1.82) is 0 Å². The average Bonchev–Trinajstić information content (AvgIpc) is 2.74. The second-order valence-electron chi connectivity index (χ2n) is 8.78. The highest BCUT2D eigenvalue weighted by Crippen LogP contribution is 2.23. The first-order valence-corrected chi connectivity index (χ1v) is 11.3. The molecular weight excluding hydrogens is 386 g/mol. The van der Waals surface area contributed by atoms with Crippen LogP contribution in [-0.2, 0) is 9.59 Å². The Labute approximate surface area is 187 Å². The molecule has 4 N–H and O–H groups in total. The van der Waals surface area contributed by atoms with Crippen molar-refractivity contribution in [2.24, 2.45) is 5.92 Å². The van der Waals surface area contributed by atoms with Crippen molar-refractivity contribution in [3.8, 4) is 0 Å². The van der Waals surface area contributed by atoms with Gasteiger partial charge < -0.3 is 16.0 Å². The molecule has 0 unspecified atom stereocenters. The second-order valence-corrected chi connectivity index (χ2v) is 8.78. The Morgan fingerprint density at radius 3 is 2.03 bits per heavy atom. The number of carbonyl (C=O) groups excluding carboxylic acids is 2. The van der Waals surface area contributed by atoms with Gasteiger partial charge in [-0.2, -0.15) is 0 Å². The van der Waals surface area contributed by atoms with Crippen LogP contribution in [0, 0.1) is 19.8 Å². The number of nitrogens with two attached hydrogens (primary N) is 1. The molecule has 2 rings (SSSR count). The predicted molar refractivity (Wildman–Crippen MR) is 127 cm³/mol. The van der Waals surface area contributed by atoms with Crippen LogP contribution < -0.4 is 16.0 Å². The molecule has 5 heteroatoms. The summed E-state index contributed by atoms with van der Waals surface area (Å²) in [6.07, 6.45) is 1.12. The van der Waals surface area contributed by atoms with Gasteiger partial charge >= 0.3 is 0 Å². The molecule has 0 aromatic heterocycles. The average molecular weight is 425 g/mol. The molecule has 2 atom stereocenters. The minimum atomic E-state index is -0.216. The van der Waals surface area contributed by atoms with Gasteiger partial charge in [-0.25, -0.2) is 0 Å². The topological polar surface area (TPSA) is 74.8 Å². The van der Waals surface area contributed by atoms with Gasteiger partial charge in [0, 0.05) is 17.2 Å². The number of carbonyl (C=O) groups is 2. The molecule has 0 saturated heterocycles. The number of amides is 2. The van der Waals surface area contributed by atoms with E-state index in [-0.39, 0.29) is 30.9 Å². The van der Waals surface area contributed by atoms with E-state index in [4.69, 9.17) is 0 Å². The molecule has 2 amide bonds. The molecule has 0 bridgehead atoms.